The molecule has 2 nitrogen and oxygen atoms in total. The lowest BCUT2D eigenvalue weighted by Gasteiger charge is -2.42. The topological polar surface area (TPSA) is 6.48 Å². The number of piperazine rings is 1. The van der Waals surface area contributed by atoms with Gasteiger partial charge in [0.25, 0.3) is 0 Å². The van der Waals surface area contributed by atoms with E-state index >= 15 is 0 Å². The van der Waals surface area contributed by atoms with Crippen LogP contribution in [0.5, 0.6) is 0 Å². The number of nitrogens with zero attached hydrogens (tertiary/aromatic N) is 2. The van der Waals surface area contributed by atoms with Crippen molar-refractivity contribution in [3.63, 3.8) is 0 Å². The number of benzene rings is 3. The quantitative estimate of drug-likeness (QED) is 0.577. The van der Waals surface area contributed by atoms with Crippen LogP contribution in [-0.2, 0) is 19.5 Å². The standard InChI is InChI=1S/C26H30N2/c1-4-10-23(11-5-1)16-17-26-22-27(20-24-12-6-2-7-13-24)18-19-28(26)21-25-14-8-3-9-15-25/h1-15,26H,16-22H2/t26-/m0/s1. The number of aryl methyl sites for hydroxylation is 1. The first-order valence-corrected chi connectivity index (χ1v) is 10.4. The summed E-state index contributed by atoms with van der Waals surface area (Å²) in [6.07, 6.45) is 2.36. The van der Waals surface area contributed by atoms with Crippen LogP contribution in [0.15, 0.2) is 91.0 Å². The van der Waals surface area contributed by atoms with Gasteiger partial charge in [-0.1, -0.05) is 91.0 Å². The molecule has 0 amide bonds. The highest BCUT2D eigenvalue weighted by atomic mass is 15.3. The van der Waals surface area contributed by atoms with Gasteiger partial charge in [0.1, 0.15) is 0 Å². The molecule has 28 heavy (non-hydrogen) atoms. The van der Waals surface area contributed by atoms with Crippen LogP contribution in [0.2, 0.25) is 0 Å². The van der Waals surface area contributed by atoms with Crippen LogP contribution in [0.3, 0.4) is 0 Å². The Morgan fingerprint density at radius 1 is 0.607 bits per heavy atom. The molecule has 1 saturated heterocycles. The molecule has 1 heterocycles. The molecule has 0 radical (unpaired) electrons. The zero-order chi connectivity index (χ0) is 19.0. The van der Waals surface area contributed by atoms with Gasteiger partial charge in [0.2, 0.25) is 0 Å². The zero-order valence-electron chi connectivity index (χ0n) is 16.6. The molecule has 3 aromatic rings. The summed E-state index contributed by atoms with van der Waals surface area (Å²) in [7, 11) is 0. The molecule has 4 rings (SSSR count). The Bertz CT molecular complexity index is 817. The minimum Gasteiger partial charge on any atom is -0.296 e. The Morgan fingerprint density at radius 2 is 1.14 bits per heavy atom. The van der Waals surface area contributed by atoms with Gasteiger partial charge in [-0.25, -0.2) is 0 Å². The highest BCUT2D eigenvalue weighted by Gasteiger charge is 2.26. The van der Waals surface area contributed by atoms with Crippen LogP contribution < -0.4 is 0 Å². The summed E-state index contributed by atoms with van der Waals surface area (Å²) >= 11 is 0. The summed E-state index contributed by atoms with van der Waals surface area (Å²) in [5.41, 5.74) is 4.28. The first-order chi connectivity index (χ1) is 13.9. The third-order valence-corrected chi connectivity index (χ3v) is 5.78. The van der Waals surface area contributed by atoms with E-state index in [1.54, 1.807) is 0 Å². The SMILES string of the molecule is c1ccc(CC[C@H]2CN(Cc3ccccc3)CCN2Cc2ccccc2)cc1. The van der Waals surface area contributed by atoms with Crippen LogP contribution >= 0.6 is 0 Å². The molecular formula is C26H30N2. The van der Waals surface area contributed by atoms with E-state index in [4.69, 9.17) is 0 Å². The van der Waals surface area contributed by atoms with Crippen molar-refractivity contribution in [3.05, 3.63) is 108 Å². The van der Waals surface area contributed by atoms with Crippen molar-refractivity contribution < 1.29 is 0 Å². The molecule has 1 aliphatic heterocycles. The van der Waals surface area contributed by atoms with E-state index in [9.17, 15) is 0 Å². The Hall–Kier alpha value is -2.42. The third-order valence-electron chi connectivity index (χ3n) is 5.78. The fourth-order valence-electron chi connectivity index (χ4n) is 4.22. The van der Waals surface area contributed by atoms with Crippen molar-refractivity contribution in [1.29, 1.82) is 0 Å². The molecule has 0 spiro atoms. The number of hydrogen-bond donors (Lipinski definition) is 0. The monoisotopic (exact) mass is 370 g/mol. The van der Waals surface area contributed by atoms with E-state index in [0.29, 0.717) is 6.04 Å². The van der Waals surface area contributed by atoms with Crippen LogP contribution in [0.4, 0.5) is 0 Å². The molecule has 1 fully saturated rings. The Morgan fingerprint density at radius 3 is 1.75 bits per heavy atom. The maximum Gasteiger partial charge on any atom is 0.0237 e. The summed E-state index contributed by atoms with van der Waals surface area (Å²) < 4.78 is 0. The van der Waals surface area contributed by atoms with Gasteiger partial charge < -0.3 is 0 Å². The minimum absolute atomic E-state index is 0.595. The molecule has 1 atom stereocenters. The largest absolute Gasteiger partial charge is 0.296 e. The highest BCUT2D eigenvalue weighted by Crippen LogP contribution is 2.20. The Kier molecular flexibility index (Phi) is 6.54. The third kappa shape index (κ3) is 5.31. The lowest BCUT2D eigenvalue weighted by molar-refractivity contribution is 0.0597. The first kappa shape index (κ1) is 18.9. The van der Waals surface area contributed by atoms with Gasteiger partial charge in [-0.3, -0.25) is 9.80 Å². The van der Waals surface area contributed by atoms with Gasteiger partial charge in [0.05, 0.1) is 0 Å². The molecule has 1 aliphatic rings. The molecular weight excluding hydrogens is 340 g/mol. The average molecular weight is 371 g/mol. The van der Waals surface area contributed by atoms with Crippen LogP contribution in [0, 0.1) is 0 Å². The Labute approximate surface area is 169 Å². The summed E-state index contributed by atoms with van der Waals surface area (Å²) in [6, 6.07) is 33.3. The molecule has 0 unspecified atom stereocenters. The van der Waals surface area contributed by atoms with Gasteiger partial charge in [-0.2, -0.15) is 0 Å². The predicted molar refractivity (Wildman–Crippen MR) is 117 cm³/mol. The summed E-state index contributed by atoms with van der Waals surface area (Å²) in [5, 5.41) is 0. The van der Waals surface area contributed by atoms with Crippen molar-refractivity contribution in [2.24, 2.45) is 0 Å². The normalized spacial score (nSPS) is 18.2. The van der Waals surface area contributed by atoms with Crippen LogP contribution in [-0.4, -0.2) is 35.5 Å². The van der Waals surface area contributed by atoms with E-state index in [1.807, 2.05) is 0 Å². The van der Waals surface area contributed by atoms with E-state index in [1.165, 1.54) is 23.1 Å². The molecule has 0 N–H and O–H groups in total. The van der Waals surface area contributed by atoms with E-state index in [0.717, 1.165) is 39.1 Å². The summed E-state index contributed by atoms with van der Waals surface area (Å²) in [6.45, 7) is 5.54. The summed E-state index contributed by atoms with van der Waals surface area (Å²) in [4.78, 5) is 5.33. The lowest BCUT2D eigenvalue weighted by atomic mass is 10.0. The summed E-state index contributed by atoms with van der Waals surface area (Å²) in [5.74, 6) is 0. The molecule has 144 valence electrons. The Balaban J connectivity index is 1.43. The molecule has 0 aromatic heterocycles. The lowest BCUT2D eigenvalue weighted by Crippen LogP contribution is -2.52. The maximum atomic E-state index is 2.69. The van der Waals surface area contributed by atoms with E-state index in [-0.39, 0.29) is 0 Å². The second-order valence-corrected chi connectivity index (χ2v) is 7.85. The van der Waals surface area contributed by atoms with Gasteiger partial charge in [0.15, 0.2) is 0 Å². The van der Waals surface area contributed by atoms with Gasteiger partial charge in [-0.05, 0) is 29.5 Å². The second-order valence-electron chi connectivity index (χ2n) is 7.85. The van der Waals surface area contributed by atoms with Crippen LogP contribution in [0.1, 0.15) is 23.1 Å². The molecule has 3 aromatic carbocycles. The van der Waals surface area contributed by atoms with Crippen molar-refractivity contribution in [2.45, 2.75) is 32.0 Å². The smallest absolute Gasteiger partial charge is 0.0237 e. The molecule has 0 saturated carbocycles. The van der Waals surface area contributed by atoms with Gasteiger partial charge >= 0.3 is 0 Å². The predicted octanol–water partition coefficient (Wildman–Crippen LogP) is 5.01. The first-order valence-electron chi connectivity index (χ1n) is 10.4. The molecule has 0 aliphatic carbocycles. The van der Waals surface area contributed by atoms with Crippen molar-refractivity contribution in [2.75, 3.05) is 19.6 Å². The number of hydrogen-bond acceptors (Lipinski definition) is 2. The van der Waals surface area contributed by atoms with E-state index in [2.05, 4.69) is 101 Å². The number of rotatable bonds is 7. The van der Waals surface area contributed by atoms with Crippen molar-refractivity contribution in [1.82, 2.24) is 9.80 Å². The average Bonchev–Trinajstić information content (AvgIpc) is 2.76. The van der Waals surface area contributed by atoms with Gasteiger partial charge in [-0.15, -0.1) is 0 Å². The van der Waals surface area contributed by atoms with Crippen molar-refractivity contribution >= 4 is 0 Å². The second kappa shape index (κ2) is 9.68. The fourth-order valence-corrected chi connectivity index (χ4v) is 4.22. The van der Waals surface area contributed by atoms with Gasteiger partial charge in [0, 0.05) is 38.8 Å². The van der Waals surface area contributed by atoms with E-state index < -0.39 is 0 Å². The highest BCUT2D eigenvalue weighted by molar-refractivity contribution is 5.17. The molecule has 2 heteroatoms. The zero-order valence-corrected chi connectivity index (χ0v) is 16.6. The molecule has 0 bridgehead atoms. The van der Waals surface area contributed by atoms with Crippen molar-refractivity contribution in [3.8, 4) is 0 Å². The van der Waals surface area contributed by atoms with Crippen LogP contribution in [0.25, 0.3) is 0 Å². The maximum absolute atomic E-state index is 2.69. The minimum atomic E-state index is 0.595. The fraction of sp³-hybridized carbons (Fsp3) is 0.308.